The lowest BCUT2D eigenvalue weighted by Crippen LogP contribution is -2.47. The molecule has 11 heavy (non-hydrogen) atoms. The molecular formula is C9H18N2. The van der Waals surface area contributed by atoms with Crippen LogP contribution in [0.15, 0.2) is 0 Å². The molecule has 0 aromatic heterocycles. The fraction of sp³-hybridized carbons (Fsp3) is 1.00. The highest BCUT2D eigenvalue weighted by Gasteiger charge is 2.29. The van der Waals surface area contributed by atoms with E-state index in [1.807, 2.05) is 0 Å². The first-order valence-electron chi connectivity index (χ1n) is 4.86. The van der Waals surface area contributed by atoms with E-state index >= 15 is 0 Å². The quantitative estimate of drug-likeness (QED) is 0.558. The second kappa shape index (κ2) is 3.11. The SMILES string of the molecule is CCN1CCC2CCCN2C1. The van der Waals surface area contributed by atoms with Crippen LogP contribution in [0.5, 0.6) is 0 Å². The summed E-state index contributed by atoms with van der Waals surface area (Å²) in [5.41, 5.74) is 0. The number of hydrogen-bond donors (Lipinski definition) is 0. The van der Waals surface area contributed by atoms with Gasteiger partial charge in [0, 0.05) is 12.6 Å². The van der Waals surface area contributed by atoms with Gasteiger partial charge in [-0.1, -0.05) is 6.92 Å². The fourth-order valence-electron chi connectivity index (χ4n) is 2.33. The topological polar surface area (TPSA) is 6.48 Å². The third-order valence-electron chi connectivity index (χ3n) is 3.11. The summed E-state index contributed by atoms with van der Waals surface area (Å²) in [4.78, 5) is 5.19. The number of fused-ring (bicyclic) bond motifs is 1. The van der Waals surface area contributed by atoms with Crippen LogP contribution in [0.4, 0.5) is 0 Å². The zero-order valence-electron chi connectivity index (χ0n) is 7.42. The van der Waals surface area contributed by atoms with E-state index in [1.54, 1.807) is 0 Å². The van der Waals surface area contributed by atoms with Crippen molar-refractivity contribution in [2.45, 2.75) is 32.2 Å². The first-order valence-corrected chi connectivity index (χ1v) is 4.86. The predicted octanol–water partition coefficient (Wildman–Crippen LogP) is 1.13. The van der Waals surface area contributed by atoms with Crippen LogP contribution in [0.1, 0.15) is 26.2 Å². The van der Waals surface area contributed by atoms with Crippen LogP contribution in [-0.2, 0) is 0 Å². The molecule has 0 spiro atoms. The lowest BCUT2D eigenvalue weighted by Gasteiger charge is -2.37. The van der Waals surface area contributed by atoms with Crippen molar-refractivity contribution in [3.8, 4) is 0 Å². The summed E-state index contributed by atoms with van der Waals surface area (Å²) in [5.74, 6) is 0. The van der Waals surface area contributed by atoms with Crippen molar-refractivity contribution in [2.75, 3.05) is 26.3 Å². The highest BCUT2D eigenvalue weighted by molar-refractivity contribution is 4.83. The molecule has 1 unspecified atom stereocenters. The number of rotatable bonds is 1. The van der Waals surface area contributed by atoms with E-state index in [2.05, 4.69) is 16.7 Å². The number of nitrogens with zero attached hydrogens (tertiary/aromatic N) is 2. The largest absolute Gasteiger partial charge is 0.291 e. The molecule has 2 heteroatoms. The van der Waals surface area contributed by atoms with Gasteiger partial charge in [0.1, 0.15) is 0 Å². The van der Waals surface area contributed by atoms with Gasteiger partial charge in [-0.2, -0.15) is 0 Å². The predicted molar refractivity (Wildman–Crippen MR) is 46.5 cm³/mol. The third kappa shape index (κ3) is 1.42. The molecule has 2 nitrogen and oxygen atoms in total. The Bertz CT molecular complexity index is 136. The van der Waals surface area contributed by atoms with Gasteiger partial charge in [0.05, 0.1) is 6.67 Å². The molecule has 0 aliphatic carbocycles. The van der Waals surface area contributed by atoms with Crippen LogP contribution >= 0.6 is 0 Å². The van der Waals surface area contributed by atoms with E-state index in [9.17, 15) is 0 Å². The highest BCUT2D eigenvalue weighted by atomic mass is 15.3. The number of hydrogen-bond acceptors (Lipinski definition) is 2. The van der Waals surface area contributed by atoms with Gasteiger partial charge in [-0.15, -0.1) is 0 Å². The summed E-state index contributed by atoms with van der Waals surface area (Å²) in [7, 11) is 0. The Hall–Kier alpha value is -0.0800. The normalized spacial score (nSPS) is 34.1. The Balaban J connectivity index is 1.91. The molecule has 2 aliphatic heterocycles. The summed E-state index contributed by atoms with van der Waals surface area (Å²) in [5, 5.41) is 0. The molecule has 64 valence electrons. The van der Waals surface area contributed by atoms with E-state index in [-0.39, 0.29) is 0 Å². The Morgan fingerprint density at radius 3 is 3.00 bits per heavy atom. The average Bonchev–Trinajstić information content (AvgIpc) is 2.50. The van der Waals surface area contributed by atoms with Crippen molar-refractivity contribution in [3.63, 3.8) is 0 Å². The molecule has 0 amide bonds. The molecule has 0 aromatic carbocycles. The summed E-state index contributed by atoms with van der Waals surface area (Å²) in [6, 6.07) is 0.942. The molecule has 2 fully saturated rings. The molecule has 0 N–H and O–H groups in total. The van der Waals surface area contributed by atoms with Gasteiger partial charge in [0.2, 0.25) is 0 Å². The second-order valence-corrected chi connectivity index (χ2v) is 3.75. The summed E-state index contributed by atoms with van der Waals surface area (Å²) < 4.78 is 0. The monoisotopic (exact) mass is 154 g/mol. The van der Waals surface area contributed by atoms with Crippen LogP contribution in [-0.4, -0.2) is 42.1 Å². The van der Waals surface area contributed by atoms with Crippen molar-refractivity contribution in [1.82, 2.24) is 9.80 Å². The average molecular weight is 154 g/mol. The molecular weight excluding hydrogens is 136 g/mol. The van der Waals surface area contributed by atoms with Crippen LogP contribution in [0, 0.1) is 0 Å². The van der Waals surface area contributed by atoms with E-state index in [0.29, 0.717) is 0 Å². The van der Waals surface area contributed by atoms with Gasteiger partial charge < -0.3 is 0 Å². The minimum atomic E-state index is 0.942. The molecule has 0 saturated carbocycles. The Morgan fingerprint density at radius 1 is 1.27 bits per heavy atom. The van der Waals surface area contributed by atoms with Crippen molar-refractivity contribution >= 4 is 0 Å². The summed E-state index contributed by atoms with van der Waals surface area (Å²) in [6.07, 6.45) is 4.30. The molecule has 2 saturated heterocycles. The maximum Gasteiger partial charge on any atom is 0.0508 e. The second-order valence-electron chi connectivity index (χ2n) is 3.75. The third-order valence-corrected chi connectivity index (χ3v) is 3.11. The van der Waals surface area contributed by atoms with Crippen LogP contribution in [0.25, 0.3) is 0 Å². The van der Waals surface area contributed by atoms with Crippen molar-refractivity contribution in [1.29, 1.82) is 0 Å². The van der Waals surface area contributed by atoms with Crippen LogP contribution in [0.2, 0.25) is 0 Å². The molecule has 1 atom stereocenters. The van der Waals surface area contributed by atoms with E-state index in [4.69, 9.17) is 0 Å². The fourth-order valence-corrected chi connectivity index (χ4v) is 2.33. The first kappa shape index (κ1) is 7.56. The standard InChI is InChI=1S/C9H18N2/c1-2-10-7-5-9-4-3-6-11(9)8-10/h9H,2-8H2,1H3. The van der Waals surface area contributed by atoms with Crippen molar-refractivity contribution < 1.29 is 0 Å². The zero-order valence-corrected chi connectivity index (χ0v) is 7.42. The van der Waals surface area contributed by atoms with E-state index in [1.165, 1.54) is 45.6 Å². The molecule has 2 rings (SSSR count). The minimum Gasteiger partial charge on any atom is -0.291 e. The smallest absolute Gasteiger partial charge is 0.0508 e. The minimum absolute atomic E-state index is 0.942. The van der Waals surface area contributed by atoms with Gasteiger partial charge >= 0.3 is 0 Å². The maximum absolute atomic E-state index is 2.65. The molecule has 2 aliphatic rings. The van der Waals surface area contributed by atoms with E-state index in [0.717, 1.165) is 6.04 Å². The Morgan fingerprint density at radius 2 is 2.18 bits per heavy atom. The lowest BCUT2D eigenvalue weighted by molar-refractivity contribution is 0.0703. The molecule has 0 aromatic rings. The van der Waals surface area contributed by atoms with Gasteiger partial charge in [-0.3, -0.25) is 9.80 Å². The van der Waals surface area contributed by atoms with Gasteiger partial charge in [-0.25, -0.2) is 0 Å². The van der Waals surface area contributed by atoms with Crippen LogP contribution < -0.4 is 0 Å². The maximum atomic E-state index is 2.65. The Kier molecular flexibility index (Phi) is 2.14. The molecule has 0 radical (unpaired) electrons. The van der Waals surface area contributed by atoms with E-state index < -0.39 is 0 Å². The first-order chi connectivity index (χ1) is 5.40. The Labute approximate surface area is 69.2 Å². The van der Waals surface area contributed by atoms with Crippen molar-refractivity contribution in [2.24, 2.45) is 0 Å². The van der Waals surface area contributed by atoms with Gasteiger partial charge in [-0.05, 0) is 32.4 Å². The molecule has 0 bridgehead atoms. The van der Waals surface area contributed by atoms with Crippen LogP contribution in [0.3, 0.4) is 0 Å². The highest BCUT2D eigenvalue weighted by Crippen LogP contribution is 2.23. The zero-order chi connectivity index (χ0) is 7.68. The lowest BCUT2D eigenvalue weighted by atomic mass is 10.1. The van der Waals surface area contributed by atoms with Crippen molar-refractivity contribution in [3.05, 3.63) is 0 Å². The van der Waals surface area contributed by atoms with Gasteiger partial charge in [0.25, 0.3) is 0 Å². The van der Waals surface area contributed by atoms with Gasteiger partial charge in [0.15, 0.2) is 0 Å². The summed E-state index contributed by atoms with van der Waals surface area (Å²) in [6.45, 7) is 7.40. The molecule has 2 heterocycles. The summed E-state index contributed by atoms with van der Waals surface area (Å²) >= 11 is 0.